The number of hydrogen-bond donors (Lipinski definition) is 2. The molecule has 3 rings (SSSR count). The molecule has 2 N–H and O–H groups in total. The van der Waals surface area contributed by atoms with E-state index in [9.17, 15) is 4.79 Å². The minimum atomic E-state index is 0. The van der Waals surface area contributed by atoms with E-state index in [1.807, 2.05) is 22.7 Å². The van der Waals surface area contributed by atoms with Crippen LogP contribution in [0.25, 0.3) is 0 Å². The molecule has 0 spiro atoms. The third-order valence-corrected chi connectivity index (χ3v) is 6.62. The van der Waals surface area contributed by atoms with Crippen LogP contribution < -0.4 is 15.5 Å². The van der Waals surface area contributed by atoms with Crippen LogP contribution in [0.4, 0.5) is 5.69 Å². The van der Waals surface area contributed by atoms with E-state index in [-0.39, 0.29) is 36.4 Å². The zero-order valence-electron chi connectivity index (χ0n) is 17.5. The molecule has 2 aliphatic rings. The highest BCUT2D eigenvalue weighted by Crippen LogP contribution is 2.28. The lowest BCUT2D eigenvalue weighted by Gasteiger charge is -2.36. The highest BCUT2D eigenvalue weighted by molar-refractivity contribution is 14.0. The molecule has 1 amide bonds. The number of anilines is 1. The fourth-order valence-electron chi connectivity index (χ4n) is 3.90. The summed E-state index contributed by atoms with van der Waals surface area (Å²) < 4.78 is 0. The van der Waals surface area contributed by atoms with Crippen LogP contribution in [0, 0.1) is 0 Å². The number of amides is 1. The maximum atomic E-state index is 12.6. The molecular formula is C21H34IN5OS. The summed E-state index contributed by atoms with van der Waals surface area (Å²) >= 11 is 1.95. The van der Waals surface area contributed by atoms with Crippen molar-refractivity contribution in [1.82, 2.24) is 15.5 Å². The van der Waals surface area contributed by atoms with Gasteiger partial charge in [-0.3, -0.25) is 4.79 Å². The molecular weight excluding hydrogens is 497 g/mol. The Bertz CT molecular complexity index is 652. The number of hydrogen-bond acceptors (Lipinski definition) is 4. The van der Waals surface area contributed by atoms with E-state index in [1.54, 1.807) is 0 Å². The molecule has 0 bridgehead atoms. The maximum absolute atomic E-state index is 12.6. The third-order valence-electron chi connectivity index (χ3n) is 5.53. The monoisotopic (exact) mass is 531 g/mol. The van der Waals surface area contributed by atoms with Gasteiger partial charge >= 0.3 is 0 Å². The Kier molecular flexibility index (Phi) is 10.4. The van der Waals surface area contributed by atoms with Crippen LogP contribution in [0.1, 0.15) is 26.2 Å². The van der Waals surface area contributed by atoms with Crippen LogP contribution in [-0.2, 0) is 4.79 Å². The van der Waals surface area contributed by atoms with E-state index in [1.165, 1.54) is 24.9 Å². The van der Waals surface area contributed by atoms with Crippen molar-refractivity contribution in [1.29, 1.82) is 0 Å². The van der Waals surface area contributed by atoms with Crippen molar-refractivity contribution in [3.63, 3.8) is 0 Å². The number of nitrogens with zero attached hydrogens (tertiary/aromatic N) is 3. The average Bonchev–Trinajstić information content (AvgIpc) is 3.20. The van der Waals surface area contributed by atoms with Gasteiger partial charge in [0, 0.05) is 49.7 Å². The SMILES string of the molecule is CCNC(=NCC(=O)N1CCN(c2ccccc2)CC1)NC1CCC(SC)C1.I. The molecule has 8 heteroatoms. The van der Waals surface area contributed by atoms with Gasteiger partial charge in [-0.2, -0.15) is 11.8 Å². The summed E-state index contributed by atoms with van der Waals surface area (Å²) in [7, 11) is 0. The number of para-hydroxylation sites is 1. The summed E-state index contributed by atoms with van der Waals surface area (Å²) in [5.41, 5.74) is 1.23. The summed E-state index contributed by atoms with van der Waals surface area (Å²) in [4.78, 5) is 21.5. The first-order chi connectivity index (χ1) is 13.7. The van der Waals surface area contributed by atoms with Crippen molar-refractivity contribution in [3.05, 3.63) is 30.3 Å². The number of carbonyl (C=O) groups excluding carboxylic acids is 1. The Morgan fingerprint density at radius 3 is 2.52 bits per heavy atom. The van der Waals surface area contributed by atoms with Crippen molar-refractivity contribution < 1.29 is 4.79 Å². The molecule has 1 saturated carbocycles. The molecule has 162 valence electrons. The highest BCUT2D eigenvalue weighted by atomic mass is 127. The Labute approximate surface area is 196 Å². The van der Waals surface area contributed by atoms with Crippen molar-refractivity contribution >= 4 is 53.3 Å². The molecule has 2 unspecified atom stereocenters. The Morgan fingerprint density at radius 2 is 1.90 bits per heavy atom. The molecule has 1 heterocycles. The second kappa shape index (κ2) is 12.5. The van der Waals surface area contributed by atoms with Crippen molar-refractivity contribution in [2.45, 2.75) is 37.5 Å². The van der Waals surface area contributed by atoms with E-state index in [2.05, 4.69) is 58.0 Å². The molecule has 1 aliphatic carbocycles. The zero-order valence-corrected chi connectivity index (χ0v) is 20.6. The molecule has 29 heavy (non-hydrogen) atoms. The maximum Gasteiger partial charge on any atom is 0.244 e. The smallest absolute Gasteiger partial charge is 0.244 e. The average molecular weight is 532 g/mol. The van der Waals surface area contributed by atoms with Crippen LogP contribution in [0.3, 0.4) is 0 Å². The topological polar surface area (TPSA) is 60.0 Å². The first-order valence-electron chi connectivity index (χ1n) is 10.3. The predicted octanol–water partition coefficient (Wildman–Crippen LogP) is 2.79. The number of carbonyl (C=O) groups is 1. The van der Waals surface area contributed by atoms with Crippen LogP contribution in [0.2, 0.25) is 0 Å². The van der Waals surface area contributed by atoms with Crippen LogP contribution in [-0.4, -0.2) is 73.6 Å². The van der Waals surface area contributed by atoms with Gasteiger partial charge in [0.15, 0.2) is 5.96 Å². The summed E-state index contributed by atoms with van der Waals surface area (Å²) in [5, 5.41) is 7.54. The van der Waals surface area contributed by atoms with Gasteiger partial charge in [0.05, 0.1) is 0 Å². The lowest BCUT2D eigenvalue weighted by Crippen LogP contribution is -2.50. The molecule has 2 atom stereocenters. The number of guanidine groups is 1. The van der Waals surface area contributed by atoms with Gasteiger partial charge in [0.1, 0.15) is 6.54 Å². The summed E-state index contributed by atoms with van der Waals surface area (Å²) in [6, 6.07) is 10.9. The fourth-order valence-corrected chi connectivity index (χ4v) is 4.69. The normalized spacial score (nSPS) is 22.2. The molecule has 1 aromatic carbocycles. The Hall–Kier alpha value is -1.16. The predicted molar refractivity (Wildman–Crippen MR) is 135 cm³/mol. The van der Waals surface area contributed by atoms with Crippen LogP contribution >= 0.6 is 35.7 Å². The van der Waals surface area contributed by atoms with E-state index in [0.29, 0.717) is 6.04 Å². The Balaban J connectivity index is 0.00000300. The van der Waals surface area contributed by atoms with Gasteiger partial charge in [0.2, 0.25) is 5.91 Å². The van der Waals surface area contributed by atoms with Crippen molar-refractivity contribution in [3.8, 4) is 0 Å². The molecule has 1 saturated heterocycles. The zero-order chi connectivity index (χ0) is 19.8. The minimum absolute atomic E-state index is 0. The molecule has 0 aromatic heterocycles. The fraction of sp³-hybridized carbons (Fsp3) is 0.619. The van der Waals surface area contributed by atoms with Gasteiger partial charge in [0.25, 0.3) is 0 Å². The summed E-state index contributed by atoms with van der Waals surface area (Å²) in [6.45, 7) is 6.32. The second-order valence-electron chi connectivity index (χ2n) is 7.41. The molecule has 1 aliphatic heterocycles. The van der Waals surface area contributed by atoms with Crippen molar-refractivity contribution in [2.24, 2.45) is 4.99 Å². The number of thioether (sulfide) groups is 1. The second-order valence-corrected chi connectivity index (χ2v) is 8.55. The van der Waals surface area contributed by atoms with E-state index in [4.69, 9.17) is 0 Å². The first-order valence-corrected chi connectivity index (χ1v) is 11.6. The quantitative estimate of drug-likeness (QED) is 0.336. The molecule has 0 radical (unpaired) electrons. The lowest BCUT2D eigenvalue weighted by molar-refractivity contribution is -0.129. The number of benzene rings is 1. The first kappa shape index (κ1) is 24.1. The van der Waals surface area contributed by atoms with Gasteiger partial charge < -0.3 is 20.4 Å². The van der Waals surface area contributed by atoms with Gasteiger partial charge in [-0.05, 0) is 44.6 Å². The highest BCUT2D eigenvalue weighted by Gasteiger charge is 2.25. The third kappa shape index (κ3) is 7.24. The molecule has 2 fully saturated rings. The number of halogens is 1. The van der Waals surface area contributed by atoms with Crippen LogP contribution in [0.5, 0.6) is 0 Å². The van der Waals surface area contributed by atoms with E-state index >= 15 is 0 Å². The number of rotatable bonds is 6. The summed E-state index contributed by atoms with van der Waals surface area (Å²) in [5.74, 6) is 0.879. The summed E-state index contributed by atoms with van der Waals surface area (Å²) in [6.07, 6.45) is 5.78. The number of nitrogens with one attached hydrogen (secondary N) is 2. The van der Waals surface area contributed by atoms with Gasteiger partial charge in [-0.25, -0.2) is 4.99 Å². The van der Waals surface area contributed by atoms with Crippen molar-refractivity contribution in [2.75, 3.05) is 50.4 Å². The number of piperazine rings is 1. The van der Waals surface area contributed by atoms with E-state index in [0.717, 1.165) is 43.9 Å². The number of aliphatic imine (C=N–C) groups is 1. The largest absolute Gasteiger partial charge is 0.368 e. The standard InChI is InChI=1S/C21H33N5OS.HI/c1-3-22-21(24-17-9-10-19(15-17)28-2)23-16-20(27)26-13-11-25(12-14-26)18-7-5-4-6-8-18;/h4-8,17,19H,3,9-16H2,1-2H3,(H2,22,23,24);1H. The van der Waals surface area contributed by atoms with Gasteiger partial charge in [-0.15, -0.1) is 24.0 Å². The molecule has 6 nitrogen and oxygen atoms in total. The Morgan fingerprint density at radius 1 is 1.17 bits per heavy atom. The minimum Gasteiger partial charge on any atom is -0.368 e. The molecule has 1 aromatic rings. The van der Waals surface area contributed by atoms with Crippen LogP contribution in [0.15, 0.2) is 35.3 Å². The van der Waals surface area contributed by atoms with E-state index < -0.39 is 0 Å². The van der Waals surface area contributed by atoms with Gasteiger partial charge in [-0.1, -0.05) is 18.2 Å². The lowest BCUT2D eigenvalue weighted by atomic mass is 10.2.